The molecule has 2 nitrogen and oxygen atoms in total. The first-order chi connectivity index (χ1) is 12.2. The van der Waals surface area contributed by atoms with Gasteiger partial charge in [0.05, 0.1) is 0 Å². The van der Waals surface area contributed by atoms with Gasteiger partial charge in [-0.2, -0.15) is 0 Å². The molecule has 0 amide bonds. The zero-order valence-corrected chi connectivity index (χ0v) is 14.8. The Morgan fingerprint density at radius 2 is 1.80 bits per heavy atom. The van der Waals surface area contributed by atoms with E-state index in [2.05, 4.69) is 35.0 Å². The third-order valence-corrected chi connectivity index (χ3v) is 5.41. The average Bonchev–Trinajstić information content (AvgIpc) is 3.23. The molecule has 1 heterocycles. The summed E-state index contributed by atoms with van der Waals surface area (Å²) in [6.07, 6.45) is 6.43. The van der Waals surface area contributed by atoms with Crippen LogP contribution in [0.4, 0.5) is 4.39 Å². The first kappa shape index (κ1) is 16.3. The molecule has 130 valence electrons. The van der Waals surface area contributed by atoms with Crippen molar-refractivity contribution in [2.24, 2.45) is 0 Å². The van der Waals surface area contributed by atoms with Crippen molar-refractivity contribution in [3.63, 3.8) is 0 Å². The lowest BCUT2D eigenvalue weighted by Crippen LogP contribution is -2.38. The van der Waals surface area contributed by atoms with Gasteiger partial charge in [-0.15, -0.1) is 0 Å². The van der Waals surface area contributed by atoms with Gasteiger partial charge in [0.2, 0.25) is 0 Å². The number of aromatic amines is 1. The second-order valence-corrected chi connectivity index (χ2v) is 7.16. The van der Waals surface area contributed by atoms with Crippen LogP contribution in [0.5, 0.6) is 0 Å². The molecule has 0 radical (unpaired) electrons. The summed E-state index contributed by atoms with van der Waals surface area (Å²) in [7, 11) is 0. The molecule has 1 N–H and O–H groups in total. The molecule has 1 atom stereocenters. The van der Waals surface area contributed by atoms with Crippen molar-refractivity contribution in [3.05, 3.63) is 71.2 Å². The first-order valence-electron chi connectivity index (χ1n) is 9.30. The van der Waals surface area contributed by atoms with Crippen molar-refractivity contribution in [1.82, 2.24) is 9.88 Å². The highest BCUT2D eigenvalue weighted by atomic mass is 19.1. The van der Waals surface area contributed by atoms with Crippen LogP contribution in [0.15, 0.2) is 48.7 Å². The summed E-state index contributed by atoms with van der Waals surface area (Å²) in [6.45, 7) is 4.41. The predicted octanol–water partition coefficient (Wildman–Crippen LogP) is 4.73. The van der Waals surface area contributed by atoms with Gasteiger partial charge >= 0.3 is 0 Å². The van der Waals surface area contributed by atoms with Crippen LogP contribution in [0, 0.1) is 5.82 Å². The van der Waals surface area contributed by atoms with Crippen molar-refractivity contribution in [1.29, 1.82) is 0 Å². The minimum Gasteiger partial charge on any atom is -0.361 e. The van der Waals surface area contributed by atoms with Crippen LogP contribution >= 0.6 is 0 Å². The van der Waals surface area contributed by atoms with Gasteiger partial charge in [-0.1, -0.05) is 19.1 Å². The van der Waals surface area contributed by atoms with Crippen LogP contribution in [0.1, 0.15) is 30.0 Å². The van der Waals surface area contributed by atoms with Gasteiger partial charge < -0.3 is 4.98 Å². The SMILES string of the molecule is CCCN(CCc1ccc(F)cc1)C1Cc2cc3cc[nH]c3cc2C1. The molecule has 0 aliphatic heterocycles. The van der Waals surface area contributed by atoms with Gasteiger partial charge in [0, 0.05) is 24.3 Å². The second kappa shape index (κ2) is 7.01. The minimum absolute atomic E-state index is 0.156. The maximum atomic E-state index is 13.1. The second-order valence-electron chi connectivity index (χ2n) is 7.16. The van der Waals surface area contributed by atoms with Crippen molar-refractivity contribution >= 4 is 10.9 Å². The first-order valence-corrected chi connectivity index (χ1v) is 9.30. The fraction of sp³-hybridized carbons (Fsp3) is 0.364. The molecular weight excluding hydrogens is 311 g/mol. The van der Waals surface area contributed by atoms with Crippen LogP contribution in [-0.4, -0.2) is 29.0 Å². The Morgan fingerprint density at radius 1 is 1.04 bits per heavy atom. The third-order valence-electron chi connectivity index (χ3n) is 5.41. The van der Waals surface area contributed by atoms with Crippen molar-refractivity contribution in [2.45, 2.75) is 38.6 Å². The maximum absolute atomic E-state index is 13.1. The normalized spacial score (nSPS) is 16.7. The minimum atomic E-state index is -0.156. The fourth-order valence-corrected chi connectivity index (χ4v) is 4.10. The molecule has 0 spiro atoms. The number of H-pyrrole nitrogens is 1. The summed E-state index contributed by atoms with van der Waals surface area (Å²) in [5.41, 5.74) is 5.45. The van der Waals surface area contributed by atoms with Crippen molar-refractivity contribution in [3.8, 4) is 0 Å². The molecule has 1 aliphatic carbocycles. The molecule has 2 aromatic carbocycles. The van der Waals surface area contributed by atoms with Gasteiger partial charge in [0.15, 0.2) is 0 Å². The number of nitrogens with zero attached hydrogens (tertiary/aromatic N) is 1. The molecule has 1 aliphatic rings. The molecule has 1 unspecified atom stereocenters. The molecule has 25 heavy (non-hydrogen) atoms. The van der Waals surface area contributed by atoms with E-state index < -0.39 is 0 Å². The topological polar surface area (TPSA) is 19.0 Å². The number of fused-ring (bicyclic) bond motifs is 2. The van der Waals surface area contributed by atoms with E-state index in [1.807, 2.05) is 18.3 Å². The number of halogens is 1. The number of hydrogen-bond donors (Lipinski definition) is 1. The Morgan fingerprint density at radius 3 is 2.56 bits per heavy atom. The molecule has 0 saturated heterocycles. The van der Waals surface area contributed by atoms with Crippen molar-refractivity contribution < 1.29 is 4.39 Å². The molecule has 3 aromatic rings. The maximum Gasteiger partial charge on any atom is 0.123 e. The highest BCUT2D eigenvalue weighted by Gasteiger charge is 2.26. The fourth-order valence-electron chi connectivity index (χ4n) is 4.10. The van der Waals surface area contributed by atoms with E-state index >= 15 is 0 Å². The quantitative estimate of drug-likeness (QED) is 0.689. The monoisotopic (exact) mass is 336 g/mol. The van der Waals surface area contributed by atoms with Crippen LogP contribution in [0.3, 0.4) is 0 Å². The molecule has 0 saturated carbocycles. The Kier molecular flexibility index (Phi) is 4.58. The molecule has 0 fully saturated rings. The van der Waals surface area contributed by atoms with Crippen LogP contribution in [0.25, 0.3) is 10.9 Å². The Hall–Kier alpha value is -2.13. The summed E-state index contributed by atoms with van der Waals surface area (Å²) in [5.74, 6) is -0.156. The highest BCUT2D eigenvalue weighted by Crippen LogP contribution is 2.29. The molecule has 3 heteroatoms. The Balaban J connectivity index is 1.46. The largest absolute Gasteiger partial charge is 0.361 e. The van der Waals surface area contributed by atoms with E-state index in [9.17, 15) is 4.39 Å². The van der Waals surface area contributed by atoms with Gasteiger partial charge in [-0.05, 0) is 84.6 Å². The molecular formula is C22H25FN2. The number of hydrogen-bond acceptors (Lipinski definition) is 1. The zero-order valence-electron chi connectivity index (χ0n) is 14.8. The summed E-state index contributed by atoms with van der Waals surface area (Å²) in [5, 5.41) is 1.31. The molecule has 0 bridgehead atoms. The van der Waals surface area contributed by atoms with E-state index in [-0.39, 0.29) is 5.82 Å². The highest BCUT2D eigenvalue weighted by molar-refractivity contribution is 5.81. The van der Waals surface area contributed by atoms with Gasteiger partial charge in [-0.25, -0.2) is 4.39 Å². The van der Waals surface area contributed by atoms with Crippen LogP contribution in [0.2, 0.25) is 0 Å². The van der Waals surface area contributed by atoms with Gasteiger partial charge in [0.25, 0.3) is 0 Å². The number of aromatic nitrogens is 1. The Labute approximate surface area is 148 Å². The van der Waals surface area contributed by atoms with Crippen LogP contribution < -0.4 is 0 Å². The summed E-state index contributed by atoms with van der Waals surface area (Å²) >= 11 is 0. The van der Waals surface area contributed by atoms with Crippen molar-refractivity contribution in [2.75, 3.05) is 13.1 Å². The predicted molar refractivity (Wildman–Crippen MR) is 101 cm³/mol. The number of benzene rings is 2. The number of nitrogens with one attached hydrogen (secondary N) is 1. The van der Waals surface area contributed by atoms with E-state index in [1.54, 1.807) is 12.1 Å². The lowest BCUT2D eigenvalue weighted by atomic mass is 10.1. The molecule has 1 aromatic heterocycles. The van der Waals surface area contributed by atoms with E-state index in [1.165, 1.54) is 27.6 Å². The van der Waals surface area contributed by atoms with Crippen LogP contribution in [-0.2, 0) is 19.3 Å². The number of rotatable bonds is 6. The standard InChI is InChI=1S/C22H25FN2/c1-2-10-25(11-8-16-3-5-20(23)6-4-16)21-13-18-12-17-7-9-24-22(17)15-19(18)14-21/h3-7,9,12,15,21,24H,2,8,10-11,13-14H2,1H3. The van der Waals surface area contributed by atoms with E-state index in [4.69, 9.17) is 0 Å². The zero-order chi connectivity index (χ0) is 17.2. The van der Waals surface area contributed by atoms with E-state index in [0.717, 1.165) is 38.8 Å². The summed E-state index contributed by atoms with van der Waals surface area (Å²) in [6, 6.07) is 14.4. The smallest absolute Gasteiger partial charge is 0.123 e. The van der Waals surface area contributed by atoms with E-state index in [0.29, 0.717) is 6.04 Å². The summed E-state index contributed by atoms with van der Waals surface area (Å²) in [4.78, 5) is 5.95. The summed E-state index contributed by atoms with van der Waals surface area (Å²) < 4.78 is 13.1. The lowest BCUT2D eigenvalue weighted by molar-refractivity contribution is 0.204. The van der Waals surface area contributed by atoms with Gasteiger partial charge in [0.1, 0.15) is 5.82 Å². The Bertz CT molecular complexity index is 810. The average molecular weight is 336 g/mol. The molecule has 4 rings (SSSR count). The third kappa shape index (κ3) is 3.47. The lowest BCUT2D eigenvalue weighted by Gasteiger charge is -2.28. The van der Waals surface area contributed by atoms with Gasteiger partial charge in [-0.3, -0.25) is 4.90 Å².